The van der Waals surface area contributed by atoms with E-state index >= 15 is 0 Å². The highest BCUT2D eigenvalue weighted by atomic mass is 16.6. The van der Waals surface area contributed by atoms with Crippen LogP contribution in [0.4, 0.5) is 4.79 Å². The van der Waals surface area contributed by atoms with Gasteiger partial charge in [0.05, 0.1) is 0 Å². The van der Waals surface area contributed by atoms with Crippen LogP contribution in [0.1, 0.15) is 130 Å². The van der Waals surface area contributed by atoms with E-state index in [9.17, 15) is 14.4 Å². The second kappa shape index (κ2) is 16.0. The summed E-state index contributed by atoms with van der Waals surface area (Å²) in [5, 5.41) is 5.96. The minimum absolute atomic E-state index is 0.141. The maximum Gasteiger partial charge on any atom is 0.408 e. The van der Waals surface area contributed by atoms with Crippen LogP contribution in [0, 0.1) is 19.8 Å². The number of rotatable bonds is 14. The van der Waals surface area contributed by atoms with Gasteiger partial charge < -0.3 is 20.3 Å². The van der Waals surface area contributed by atoms with Crippen molar-refractivity contribution in [3.8, 4) is 0 Å². The van der Waals surface area contributed by atoms with Gasteiger partial charge in [-0.3, -0.25) is 9.59 Å². The van der Waals surface area contributed by atoms with Gasteiger partial charge in [0.25, 0.3) is 0 Å². The molecule has 2 N–H and O–H groups in total. The molecule has 40 heavy (non-hydrogen) atoms. The maximum absolute atomic E-state index is 14.4. The Hall–Kier alpha value is -2.57. The molecule has 0 aliphatic rings. The Morgan fingerprint density at radius 2 is 1.52 bits per heavy atom. The predicted octanol–water partition coefficient (Wildman–Crippen LogP) is 7.39. The van der Waals surface area contributed by atoms with Gasteiger partial charge in [-0.15, -0.1) is 0 Å². The van der Waals surface area contributed by atoms with Crippen molar-refractivity contribution < 1.29 is 19.1 Å². The fourth-order valence-corrected chi connectivity index (χ4v) is 4.71. The number of amides is 3. The zero-order valence-corrected chi connectivity index (χ0v) is 27.2. The van der Waals surface area contributed by atoms with Crippen molar-refractivity contribution in [1.29, 1.82) is 0 Å². The highest BCUT2D eigenvalue weighted by molar-refractivity contribution is 5.92. The van der Waals surface area contributed by atoms with Crippen LogP contribution in [0.2, 0.25) is 0 Å². The van der Waals surface area contributed by atoms with Gasteiger partial charge in [-0.05, 0) is 85.3 Å². The molecule has 2 unspecified atom stereocenters. The number of hydrogen-bond acceptors (Lipinski definition) is 4. The number of aryl methyl sites for hydroxylation is 2. The number of unbranched alkanes of at least 4 members (excludes halogenated alkanes) is 5. The quantitative estimate of drug-likeness (QED) is 0.233. The van der Waals surface area contributed by atoms with Crippen LogP contribution in [-0.2, 0) is 14.3 Å². The molecular formula is C33H57N3O4. The number of alkyl carbamates (subject to hydrolysis) is 1. The van der Waals surface area contributed by atoms with Gasteiger partial charge in [-0.2, -0.15) is 0 Å². The number of benzene rings is 1. The first-order valence-corrected chi connectivity index (χ1v) is 15.1. The van der Waals surface area contributed by atoms with E-state index < -0.39 is 29.3 Å². The first kappa shape index (κ1) is 35.5. The zero-order chi connectivity index (χ0) is 30.7. The molecule has 7 heteroatoms. The lowest BCUT2D eigenvalue weighted by atomic mass is 9.94. The molecule has 0 saturated carbocycles. The van der Waals surface area contributed by atoms with Gasteiger partial charge in [0.2, 0.25) is 11.8 Å². The van der Waals surface area contributed by atoms with Gasteiger partial charge in [-0.25, -0.2) is 4.79 Å². The Morgan fingerprint density at radius 3 is 2.08 bits per heavy atom. The standard InChI is InChI=1S/C33H57N3O4/c1-12-13-14-15-16-17-20-36(30(38)27(21-23(2)3)34-31(39)40-33(9,10)11)28(29(37)35-32(6,7)8)26-22-24(4)18-19-25(26)5/h18-19,22-23,27-28H,12-17,20-21H2,1-11H3,(H,34,39)(H,35,37). The van der Waals surface area contributed by atoms with Crippen molar-refractivity contribution in [2.45, 2.75) is 144 Å². The van der Waals surface area contributed by atoms with E-state index in [1.54, 1.807) is 25.7 Å². The summed E-state index contributed by atoms with van der Waals surface area (Å²) >= 11 is 0. The van der Waals surface area contributed by atoms with Crippen LogP contribution in [0.25, 0.3) is 0 Å². The Morgan fingerprint density at radius 1 is 0.925 bits per heavy atom. The largest absolute Gasteiger partial charge is 0.444 e. The molecule has 0 spiro atoms. The fraction of sp³-hybridized carbons (Fsp3) is 0.727. The topological polar surface area (TPSA) is 87.7 Å². The lowest BCUT2D eigenvalue weighted by molar-refractivity contribution is -0.143. The molecule has 3 amide bonds. The van der Waals surface area contributed by atoms with Gasteiger partial charge in [-0.1, -0.05) is 76.6 Å². The fourth-order valence-electron chi connectivity index (χ4n) is 4.71. The van der Waals surface area contributed by atoms with Crippen LogP contribution in [0.3, 0.4) is 0 Å². The molecule has 2 atom stereocenters. The van der Waals surface area contributed by atoms with Crippen LogP contribution in [0.5, 0.6) is 0 Å². The van der Waals surface area contributed by atoms with Crippen molar-refractivity contribution in [3.05, 3.63) is 34.9 Å². The summed E-state index contributed by atoms with van der Waals surface area (Å²) in [5.74, 6) is -0.341. The normalized spacial score (nSPS) is 13.5. The van der Waals surface area contributed by atoms with Crippen LogP contribution >= 0.6 is 0 Å². The molecule has 0 saturated heterocycles. The van der Waals surface area contributed by atoms with Crippen LogP contribution in [-0.4, -0.2) is 46.5 Å². The molecular weight excluding hydrogens is 502 g/mol. The third-order valence-electron chi connectivity index (χ3n) is 6.52. The minimum atomic E-state index is -0.822. The third-order valence-corrected chi connectivity index (χ3v) is 6.52. The minimum Gasteiger partial charge on any atom is -0.444 e. The van der Waals surface area contributed by atoms with Crippen LogP contribution < -0.4 is 10.6 Å². The molecule has 0 radical (unpaired) electrons. The number of ether oxygens (including phenoxy) is 1. The Bertz CT molecular complexity index is 959. The summed E-state index contributed by atoms with van der Waals surface area (Å²) < 4.78 is 5.51. The lowest BCUT2D eigenvalue weighted by Gasteiger charge is -2.37. The van der Waals surface area contributed by atoms with Gasteiger partial charge in [0.1, 0.15) is 17.7 Å². The molecule has 0 aromatic heterocycles. The van der Waals surface area contributed by atoms with Gasteiger partial charge in [0.15, 0.2) is 0 Å². The van der Waals surface area contributed by atoms with E-state index in [1.807, 2.05) is 66.7 Å². The van der Waals surface area contributed by atoms with Crippen molar-refractivity contribution >= 4 is 17.9 Å². The average Bonchev–Trinajstić information content (AvgIpc) is 2.79. The molecule has 0 aliphatic carbocycles. The summed E-state index contributed by atoms with van der Waals surface area (Å²) in [4.78, 5) is 42.9. The third kappa shape index (κ3) is 13.2. The first-order valence-electron chi connectivity index (χ1n) is 15.1. The molecule has 0 heterocycles. The van der Waals surface area contributed by atoms with Gasteiger partial charge in [0, 0.05) is 12.1 Å². The SMILES string of the molecule is CCCCCCCCN(C(=O)C(CC(C)C)NC(=O)OC(C)(C)C)C(C(=O)NC(C)(C)C)c1cc(C)ccc1C. The molecule has 0 fully saturated rings. The second-order valence-electron chi connectivity index (χ2n) is 13.6. The van der Waals surface area contributed by atoms with Crippen LogP contribution in [0.15, 0.2) is 18.2 Å². The van der Waals surface area contributed by atoms with Crippen molar-refractivity contribution in [3.63, 3.8) is 0 Å². The summed E-state index contributed by atoms with van der Waals surface area (Å²) in [6.45, 7) is 21.8. The van der Waals surface area contributed by atoms with E-state index in [2.05, 4.69) is 17.6 Å². The number of hydrogen-bond donors (Lipinski definition) is 2. The molecule has 228 valence electrons. The molecule has 1 rings (SSSR count). The van der Waals surface area contributed by atoms with Crippen molar-refractivity contribution in [2.75, 3.05) is 6.54 Å². The molecule has 1 aromatic rings. The molecule has 7 nitrogen and oxygen atoms in total. The molecule has 1 aromatic carbocycles. The number of carbonyl (C=O) groups is 3. The summed E-state index contributed by atoms with van der Waals surface area (Å²) in [6.07, 6.45) is 6.16. The summed E-state index contributed by atoms with van der Waals surface area (Å²) in [5.41, 5.74) is 1.60. The van der Waals surface area contributed by atoms with Gasteiger partial charge >= 0.3 is 6.09 Å². The number of nitrogens with one attached hydrogen (secondary N) is 2. The first-order chi connectivity index (χ1) is 18.4. The van der Waals surface area contributed by atoms with E-state index in [0.29, 0.717) is 13.0 Å². The van der Waals surface area contributed by atoms with E-state index in [1.165, 1.54) is 12.8 Å². The Labute approximate surface area is 244 Å². The second-order valence-corrected chi connectivity index (χ2v) is 13.6. The molecule has 0 aliphatic heterocycles. The van der Waals surface area contributed by atoms with E-state index in [4.69, 9.17) is 4.74 Å². The van der Waals surface area contributed by atoms with E-state index in [-0.39, 0.29) is 17.7 Å². The van der Waals surface area contributed by atoms with Crippen molar-refractivity contribution in [2.24, 2.45) is 5.92 Å². The predicted molar refractivity (Wildman–Crippen MR) is 164 cm³/mol. The maximum atomic E-state index is 14.4. The monoisotopic (exact) mass is 559 g/mol. The lowest BCUT2D eigenvalue weighted by Crippen LogP contribution is -2.55. The Kier molecular flexibility index (Phi) is 14.2. The zero-order valence-electron chi connectivity index (χ0n) is 27.2. The summed E-state index contributed by atoms with van der Waals surface area (Å²) in [6, 6.07) is 4.38. The number of carbonyl (C=O) groups excluding carboxylic acids is 3. The van der Waals surface area contributed by atoms with E-state index in [0.717, 1.165) is 42.4 Å². The summed E-state index contributed by atoms with van der Waals surface area (Å²) in [7, 11) is 0. The average molecular weight is 560 g/mol. The number of nitrogens with zero attached hydrogens (tertiary/aromatic N) is 1. The molecule has 0 bridgehead atoms. The smallest absolute Gasteiger partial charge is 0.408 e. The van der Waals surface area contributed by atoms with Crippen molar-refractivity contribution in [1.82, 2.24) is 15.5 Å². The Balaban J connectivity index is 3.56. The highest BCUT2D eigenvalue weighted by Gasteiger charge is 2.38. The highest BCUT2D eigenvalue weighted by Crippen LogP contribution is 2.29.